The summed E-state index contributed by atoms with van der Waals surface area (Å²) in [7, 11) is 0. The number of aromatic nitrogens is 1. The molecular formula is C7H9N3O4S. The van der Waals surface area contributed by atoms with Crippen molar-refractivity contribution in [1.29, 1.82) is 0 Å². The molecule has 0 radical (unpaired) electrons. The fourth-order valence-corrected chi connectivity index (χ4v) is 1.76. The van der Waals surface area contributed by atoms with Gasteiger partial charge in [-0.05, 0) is 18.3 Å². The van der Waals surface area contributed by atoms with Crippen LogP contribution in [0.5, 0.6) is 0 Å². The van der Waals surface area contributed by atoms with Gasteiger partial charge in [0.05, 0.1) is 4.92 Å². The highest BCUT2D eigenvalue weighted by Crippen LogP contribution is 2.27. The van der Waals surface area contributed by atoms with E-state index in [4.69, 9.17) is 5.11 Å². The largest absolute Gasteiger partial charge is 0.480 e. The van der Waals surface area contributed by atoms with Gasteiger partial charge in [0.25, 0.3) is 0 Å². The number of likely N-dealkylation sites (N-methyl/N-ethyl adjacent to an activating group) is 1. The summed E-state index contributed by atoms with van der Waals surface area (Å²) >= 11 is 0.868. The molecule has 1 rings (SSSR count). The number of hydrogen-bond acceptors (Lipinski definition) is 6. The van der Waals surface area contributed by atoms with E-state index < -0.39 is 10.9 Å². The van der Waals surface area contributed by atoms with Crippen LogP contribution in [0.4, 0.5) is 10.1 Å². The molecule has 0 unspecified atom stereocenters. The monoisotopic (exact) mass is 231 g/mol. The van der Waals surface area contributed by atoms with Crippen LogP contribution in [0.1, 0.15) is 6.92 Å². The molecule has 0 aliphatic heterocycles. The first kappa shape index (κ1) is 11.4. The Labute approximate surface area is 89.1 Å². The van der Waals surface area contributed by atoms with E-state index in [1.54, 1.807) is 6.92 Å². The summed E-state index contributed by atoms with van der Waals surface area (Å²) < 4.78 is 0. The predicted molar refractivity (Wildman–Crippen MR) is 54.3 cm³/mol. The van der Waals surface area contributed by atoms with Gasteiger partial charge in [-0.15, -0.1) is 0 Å². The number of aliphatic carboxylic acids is 1. The summed E-state index contributed by atoms with van der Waals surface area (Å²) in [4.78, 5) is 25.6. The SMILES string of the molecule is CCN(CC(=O)O)c1ncc([N+](=O)[O-])s1. The van der Waals surface area contributed by atoms with Crippen LogP contribution in [0.2, 0.25) is 0 Å². The maximum Gasteiger partial charge on any atom is 0.345 e. The van der Waals surface area contributed by atoms with Crippen LogP contribution in [0, 0.1) is 10.1 Å². The molecule has 0 bridgehead atoms. The van der Waals surface area contributed by atoms with E-state index in [9.17, 15) is 14.9 Å². The highest BCUT2D eigenvalue weighted by molar-refractivity contribution is 7.18. The predicted octanol–water partition coefficient (Wildman–Crippen LogP) is 0.962. The van der Waals surface area contributed by atoms with Gasteiger partial charge in [-0.25, -0.2) is 4.98 Å². The number of nitrogens with zero attached hydrogens (tertiary/aromatic N) is 3. The topological polar surface area (TPSA) is 96.6 Å². The average Bonchev–Trinajstić information content (AvgIpc) is 2.62. The summed E-state index contributed by atoms with van der Waals surface area (Å²) in [5, 5.41) is 19.2. The second kappa shape index (κ2) is 4.69. The molecule has 0 saturated heterocycles. The Bertz CT molecular complexity index is 378. The van der Waals surface area contributed by atoms with Gasteiger partial charge >= 0.3 is 11.0 Å². The van der Waals surface area contributed by atoms with Gasteiger partial charge in [-0.1, -0.05) is 0 Å². The Hall–Kier alpha value is -1.70. The summed E-state index contributed by atoms with van der Waals surface area (Å²) in [6.07, 6.45) is 1.13. The van der Waals surface area contributed by atoms with Crippen molar-refractivity contribution in [2.45, 2.75) is 6.92 Å². The molecule has 1 aromatic heterocycles. The Morgan fingerprint density at radius 2 is 2.47 bits per heavy atom. The highest BCUT2D eigenvalue weighted by atomic mass is 32.1. The average molecular weight is 231 g/mol. The van der Waals surface area contributed by atoms with E-state index >= 15 is 0 Å². The minimum atomic E-state index is -0.991. The van der Waals surface area contributed by atoms with E-state index in [-0.39, 0.29) is 11.5 Å². The highest BCUT2D eigenvalue weighted by Gasteiger charge is 2.17. The van der Waals surface area contributed by atoms with Crippen LogP contribution >= 0.6 is 11.3 Å². The van der Waals surface area contributed by atoms with Gasteiger partial charge in [-0.3, -0.25) is 14.9 Å². The Morgan fingerprint density at radius 1 is 1.80 bits per heavy atom. The van der Waals surface area contributed by atoms with Crippen LogP contribution in [-0.4, -0.2) is 34.1 Å². The Balaban J connectivity index is 2.83. The summed E-state index contributed by atoms with van der Waals surface area (Å²) in [5.41, 5.74) is 0. The van der Waals surface area contributed by atoms with E-state index in [2.05, 4.69) is 4.98 Å². The van der Waals surface area contributed by atoms with Crippen LogP contribution < -0.4 is 4.90 Å². The molecule has 1 aromatic rings. The van der Waals surface area contributed by atoms with Crippen molar-refractivity contribution in [3.05, 3.63) is 16.3 Å². The van der Waals surface area contributed by atoms with Crippen molar-refractivity contribution >= 4 is 27.4 Å². The molecule has 0 saturated carbocycles. The maximum atomic E-state index is 10.5. The first-order valence-electron chi connectivity index (χ1n) is 4.11. The van der Waals surface area contributed by atoms with Crippen LogP contribution in [0.15, 0.2) is 6.20 Å². The molecule has 8 heteroatoms. The molecule has 0 aliphatic rings. The van der Waals surface area contributed by atoms with Gasteiger partial charge < -0.3 is 10.0 Å². The number of hydrogen-bond donors (Lipinski definition) is 1. The molecule has 0 aliphatic carbocycles. The zero-order chi connectivity index (χ0) is 11.4. The standard InChI is InChI=1S/C7H9N3O4S/c1-2-9(4-6(11)12)7-8-3-5(15-7)10(13)14/h3H,2,4H2,1H3,(H,11,12). The first-order valence-corrected chi connectivity index (χ1v) is 4.93. The van der Waals surface area contributed by atoms with Crippen molar-refractivity contribution in [2.24, 2.45) is 0 Å². The third kappa shape index (κ3) is 2.88. The minimum Gasteiger partial charge on any atom is -0.480 e. The third-order valence-corrected chi connectivity index (χ3v) is 2.65. The maximum absolute atomic E-state index is 10.5. The van der Waals surface area contributed by atoms with Crippen LogP contribution in [0.3, 0.4) is 0 Å². The Kier molecular flexibility index (Phi) is 3.56. The van der Waals surface area contributed by atoms with Gasteiger partial charge in [0.15, 0.2) is 5.13 Å². The first-order chi connectivity index (χ1) is 7.04. The van der Waals surface area contributed by atoms with Crippen molar-refractivity contribution in [2.75, 3.05) is 18.0 Å². The molecule has 0 fully saturated rings. The zero-order valence-electron chi connectivity index (χ0n) is 7.91. The lowest BCUT2D eigenvalue weighted by atomic mass is 10.5. The molecule has 15 heavy (non-hydrogen) atoms. The number of nitro groups is 1. The normalized spacial score (nSPS) is 9.93. The van der Waals surface area contributed by atoms with E-state index in [0.717, 1.165) is 17.5 Å². The van der Waals surface area contributed by atoms with Gasteiger partial charge in [0, 0.05) is 6.54 Å². The lowest BCUT2D eigenvalue weighted by molar-refractivity contribution is -0.380. The van der Waals surface area contributed by atoms with Gasteiger partial charge in [0.2, 0.25) is 0 Å². The molecular weight excluding hydrogens is 222 g/mol. The molecule has 7 nitrogen and oxygen atoms in total. The van der Waals surface area contributed by atoms with Gasteiger partial charge in [0.1, 0.15) is 12.7 Å². The lowest BCUT2D eigenvalue weighted by Gasteiger charge is -2.15. The summed E-state index contributed by atoms with van der Waals surface area (Å²) in [5.74, 6) is -0.991. The van der Waals surface area contributed by atoms with E-state index in [0.29, 0.717) is 11.7 Å². The van der Waals surface area contributed by atoms with Gasteiger partial charge in [-0.2, -0.15) is 0 Å². The van der Waals surface area contributed by atoms with Crippen LogP contribution in [0.25, 0.3) is 0 Å². The number of anilines is 1. The molecule has 0 aromatic carbocycles. The second-order valence-corrected chi connectivity index (χ2v) is 3.63. The van der Waals surface area contributed by atoms with Crippen molar-refractivity contribution in [1.82, 2.24) is 4.98 Å². The number of carboxylic acids is 1. The van der Waals surface area contributed by atoms with Crippen LogP contribution in [-0.2, 0) is 4.79 Å². The lowest BCUT2D eigenvalue weighted by Crippen LogP contribution is -2.29. The fraction of sp³-hybridized carbons (Fsp3) is 0.429. The fourth-order valence-electron chi connectivity index (χ4n) is 0.965. The zero-order valence-corrected chi connectivity index (χ0v) is 8.73. The molecule has 0 amide bonds. The third-order valence-electron chi connectivity index (χ3n) is 1.64. The Morgan fingerprint density at radius 3 is 2.87 bits per heavy atom. The summed E-state index contributed by atoms with van der Waals surface area (Å²) in [6, 6.07) is 0. The molecule has 0 atom stereocenters. The smallest absolute Gasteiger partial charge is 0.345 e. The number of thiazole rings is 1. The van der Waals surface area contributed by atoms with Crippen molar-refractivity contribution in [3.8, 4) is 0 Å². The van der Waals surface area contributed by atoms with E-state index in [1.807, 2.05) is 0 Å². The number of carboxylic acid groups (broad SMARTS) is 1. The quantitative estimate of drug-likeness (QED) is 0.598. The number of carbonyl (C=O) groups is 1. The molecule has 0 spiro atoms. The molecule has 1 N–H and O–H groups in total. The molecule has 1 heterocycles. The van der Waals surface area contributed by atoms with E-state index in [1.165, 1.54) is 4.90 Å². The van der Waals surface area contributed by atoms with Crippen molar-refractivity contribution in [3.63, 3.8) is 0 Å². The summed E-state index contributed by atoms with van der Waals surface area (Å²) in [6.45, 7) is 1.99. The number of rotatable bonds is 5. The second-order valence-electron chi connectivity index (χ2n) is 2.65. The minimum absolute atomic E-state index is 0.0890. The van der Waals surface area contributed by atoms with Crippen molar-refractivity contribution < 1.29 is 14.8 Å². The molecule has 82 valence electrons.